The molecular weight excluding hydrogens is 282 g/mol. The molecule has 1 atom stereocenters. The molecule has 0 unspecified atom stereocenters. The van der Waals surface area contributed by atoms with E-state index in [1.165, 1.54) is 0 Å². The summed E-state index contributed by atoms with van der Waals surface area (Å²) in [4.78, 5) is 15.1. The monoisotopic (exact) mass is 303 g/mol. The molecule has 2 rings (SSSR count). The van der Waals surface area contributed by atoms with Crippen LogP contribution in [0.5, 0.6) is 0 Å². The van der Waals surface area contributed by atoms with Gasteiger partial charge in [-0.2, -0.15) is 0 Å². The van der Waals surface area contributed by atoms with E-state index in [2.05, 4.69) is 10.3 Å². The topological polar surface area (TPSA) is 81.2 Å². The summed E-state index contributed by atoms with van der Waals surface area (Å²) in [5, 5.41) is 14.3. The number of hydrogen-bond acceptors (Lipinski definition) is 5. The van der Waals surface area contributed by atoms with E-state index >= 15 is 0 Å². The Bertz CT molecular complexity index is 664. The van der Waals surface area contributed by atoms with Crippen molar-refractivity contribution in [2.75, 3.05) is 0 Å². The Labute approximate surface area is 129 Å². The van der Waals surface area contributed by atoms with Crippen LogP contribution in [0.1, 0.15) is 55.4 Å². The van der Waals surface area contributed by atoms with Gasteiger partial charge in [-0.25, -0.2) is 4.98 Å². The highest BCUT2D eigenvalue weighted by Crippen LogP contribution is 2.23. The predicted molar refractivity (Wildman–Crippen MR) is 83.7 cm³/mol. The molecule has 1 heterocycles. The van der Waals surface area contributed by atoms with Gasteiger partial charge in [0.1, 0.15) is 6.26 Å². The summed E-state index contributed by atoms with van der Waals surface area (Å²) in [5.41, 5.74) is 2.52. The Balaban J connectivity index is 2.04. The third-order valence-corrected chi connectivity index (χ3v) is 3.58. The van der Waals surface area contributed by atoms with Crippen molar-refractivity contribution >= 4 is 5.69 Å². The number of nitrogens with one attached hydrogen (secondary N) is 1. The average molecular weight is 303 g/mol. The van der Waals surface area contributed by atoms with Crippen LogP contribution in [0.15, 0.2) is 28.9 Å². The van der Waals surface area contributed by atoms with E-state index < -0.39 is 0 Å². The lowest BCUT2D eigenvalue weighted by atomic mass is 10.0. The number of rotatable bonds is 6. The van der Waals surface area contributed by atoms with Gasteiger partial charge in [-0.05, 0) is 19.4 Å². The summed E-state index contributed by atoms with van der Waals surface area (Å²) in [6.45, 7) is 8.31. The second-order valence-corrected chi connectivity index (χ2v) is 5.74. The van der Waals surface area contributed by atoms with Crippen LogP contribution in [0.3, 0.4) is 0 Å². The van der Waals surface area contributed by atoms with E-state index in [-0.39, 0.29) is 22.6 Å². The average Bonchev–Trinajstić information content (AvgIpc) is 2.94. The van der Waals surface area contributed by atoms with Gasteiger partial charge in [0.25, 0.3) is 5.69 Å². The third kappa shape index (κ3) is 3.71. The highest BCUT2D eigenvalue weighted by molar-refractivity contribution is 5.43. The maximum atomic E-state index is 11.0. The molecule has 0 aliphatic rings. The minimum absolute atomic E-state index is 0.0153. The minimum atomic E-state index is -0.349. The van der Waals surface area contributed by atoms with Crippen LogP contribution < -0.4 is 5.32 Å². The van der Waals surface area contributed by atoms with Crippen molar-refractivity contribution in [2.24, 2.45) is 0 Å². The van der Waals surface area contributed by atoms with Crippen molar-refractivity contribution in [3.05, 3.63) is 57.3 Å². The van der Waals surface area contributed by atoms with E-state index in [0.29, 0.717) is 12.1 Å². The van der Waals surface area contributed by atoms with Gasteiger partial charge in [0.2, 0.25) is 0 Å². The quantitative estimate of drug-likeness (QED) is 0.647. The Morgan fingerprint density at radius 1 is 1.36 bits per heavy atom. The van der Waals surface area contributed by atoms with Crippen LogP contribution in [0.25, 0.3) is 0 Å². The number of nitrogens with zero attached hydrogens (tertiary/aromatic N) is 2. The van der Waals surface area contributed by atoms with Crippen molar-refractivity contribution in [2.45, 2.75) is 46.2 Å². The number of aryl methyl sites for hydroxylation is 1. The molecule has 0 aliphatic heterocycles. The summed E-state index contributed by atoms with van der Waals surface area (Å²) < 4.78 is 5.39. The molecule has 0 amide bonds. The summed E-state index contributed by atoms with van der Waals surface area (Å²) in [7, 11) is 0. The fourth-order valence-corrected chi connectivity index (χ4v) is 2.14. The maximum absolute atomic E-state index is 11.0. The molecule has 6 nitrogen and oxygen atoms in total. The van der Waals surface area contributed by atoms with E-state index in [4.69, 9.17) is 4.42 Å². The molecule has 6 heteroatoms. The van der Waals surface area contributed by atoms with Gasteiger partial charge >= 0.3 is 0 Å². The van der Waals surface area contributed by atoms with Crippen molar-refractivity contribution in [3.63, 3.8) is 0 Å². The summed E-state index contributed by atoms with van der Waals surface area (Å²) in [5.74, 6) is 0.973. The first-order chi connectivity index (χ1) is 10.4. The molecule has 0 bridgehead atoms. The lowest BCUT2D eigenvalue weighted by molar-refractivity contribution is -0.385. The zero-order valence-corrected chi connectivity index (χ0v) is 13.3. The van der Waals surface area contributed by atoms with Crippen LogP contribution >= 0.6 is 0 Å². The molecule has 0 fully saturated rings. The van der Waals surface area contributed by atoms with Gasteiger partial charge in [-0.3, -0.25) is 10.1 Å². The van der Waals surface area contributed by atoms with Crippen molar-refractivity contribution in [3.8, 4) is 0 Å². The molecule has 118 valence electrons. The molecule has 1 aromatic heterocycles. The van der Waals surface area contributed by atoms with Gasteiger partial charge in [0.05, 0.1) is 10.6 Å². The minimum Gasteiger partial charge on any atom is -0.448 e. The molecule has 1 N–H and O–H groups in total. The Kier molecular flexibility index (Phi) is 4.92. The molecule has 0 saturated carbocycles. The van der Waals surface area contributed by atoms with E-state index in [0.717, 1.165) is 17.1 Å². The molecule has 0 aliphatic carbocycles. The number of benzene rings is 1. The summed E-state index contributed by atoms with van der Waals surface area (Å²) in [6.07, 6.45) is 1.65. The molecule has 0 radical (unpaired) electrons. The Morgan fingerprint density at radius 3 is 2.68 bits per heavy atom. The summed E-state index contributed by atoms with van der Waals surface area (Å²) >= 11 is 0. The third-order valence-electron chi connectivity index (χ3n) is 3.58. The lowest BCUT2D eigenvalue weighted by Crippen LogP contribution is -2.18. The molecule has 0 saturated heterocycles. The number of oxazole rings is 1. The Hall–Kier alpha value is -2.21. The molecule has 22 heavy (non-hydrogen) atoms. The second-order valence-electron chi connectivity index (χ2n) is 5.74. The zero-order valence-electron chi connectivity index (χ0n) is 13.3. The van der Waals surface area contributed by atoms with Crippen LogP contribution in [-0.2, 0) is 6.54 Å². The van der Waals surface area contributed by atoms with Gasteiger partial charge in [-0.15, -0.1) is 0 Å². The molecular formula is C16H21N3O3. The van der Waals surface area contributed by atoms with E-state index in [9.17, 15) is 10.1 Å². The fourth-order valence-electron chi connectivity index (χ4n) is 2.14. The first-order valence-corrected chi connectivity index (χ1v) is 7.31. The Morgan fingerprint density at radius 2 is 2.09 bits per heavy atom. The lowest BCUT2D eigenvalue weighted by Gasteiger charge is -2.13. The van der Waals surface area contributed by atoms with Crippen molar-refractivity contribution < 1.29 is 9.34 Å². The molecule has 2 aromatic rings. The van der Waals surface area contributed by atoms with Gasteiger partial charge in [-0.1, -0.05) is 26.0 Å². The second kappa shape index (κ2) is 6.70. The first-order valence-electron chi connectivity index (χ1n) is 7.31. The first kappa shape index (κ1) is 16.2. The number of nitro groups is 1. The fraction of sp³-hybridized carbons (Fsp3) is 0.438. The number of nitro benzene ring substituents is 1. The smallest absolute Gasteiger partial charge is 0.272 e. The van der Waals surface area contributed by atoms with Crippen LogP contribution in [-0.4, -0.2) is 9.91 Å². The highest BCUT2D eigenvalue weighted by Gasteiger charge is 2.15. The normalized spacial score (nSPS) is 12.6. The summed E-state index contributed by atoms with van der Waals surface area (Å²) in [6, 6.07) is 5.29. The highest BCUT2D eigenvalue weighted by atomic mass is 16.6. The SMILES string of the molecule is Cc1ccc([C@@H](C)NCc2coc(C(C)C)n2)cc1[N+](=O)[O-]. The van der Waals surface area contributed by atoms with Gasteiger partial charge in [0, 0.05) is 30.1 Å². The van der Waals surface area contributed by atoms with Crippen LogP contribution in [0.4, 0.5) is 5.69 Å². The zero-order chi connectivity index (χ0) is 16.3. The van der Waals surface area contributed by atoms with Crippen LogP contribution in [0, 0.1) is 17.0 Å². The van der Waals surface area contributed by atoms with Gasteiger partial charge < -0.3 is 9.73 Å². The predicted octanol–water partition coefficient (Wildman–Crippen LogP) is 3.87. The van der Waals surface area contributed by atoms with E-state index in [1.807, 2.05) is 26.8 Å². The number of aromatic nitrogens is 1. The van der Waals surface area contributed by atoms with Crippen molar-refractivity contribution in [1.29, 1.82) is 0 Å². The standard InChI is InChI=1S/C16H21N3O3/c1-10(2)16-18-14(9-22-16)8-17-12(4)13-6-5-11(3)15(7-13)19(20)21/h5-7,9-10,12,17H,8H2,1-4H3/t12-/m1/s1. The molecule has 1 aromatic carbocycles. The largest absolute Gasteiger partial charge is 0.448 e. The maximum Gasteiger partial charge on any atom is 0.272 e. The number of hydrogen-bond donors (Lipinski definition) is 1. The van der Waals surface area contributed by atoms with Gasteiger partial charge in [0.15, 0.2) is 5.89 Å². The molecule has 0 spiro atoms. The van der Waals surface area contributed by atoms with Crippen molar-refractivity contribution in [1.82, 2.24) is 10.3 Å². The van der Waals surface area contributed by atoms with E-state index in [1.54, 1.807) is 25.3 Å². The van der Waals surface area contributed by atoms with Crippen LogP contribution in [0.2, 0.25) is 0 Å².